The van der Waals surface area contributed by atoms with E-state index in [2.05, 4.69) is 10.3 Å². The first-order valence-electron chi connectivity index (χ1n) is 7.70. The maximum absolute atomic E-state index is 14.5. The van der Waals surface area contributed by atoms with Crippen LogP contribution in [-0.4, -0.2) is 31.0 Å². The van der Waals surface area contributed by atoms with Crippen LogP contribution in [0, 0.1) is 19.7 Å². The number of phenols is 1. The van der Waals surface area contributed by atoms with Gasteiger partial charge in [0.1, 0.15) is 23.8 Å². The number of rotatable bonds is 4. The van der Waals surface area contributed by atoms with Crippen molar-refractivity contribution in [2.45, 2.75) is 20.4 Å². The van der Waals surface area contributed by atoms with Crippen LogP contribution in [0.1, 0.15) is 16.7 Å². The highest BCUT2D eigenvalue weighted by Gasteiger charge is 2.37. The van der Waals surface area contributed by atoms with E-state index in [-0.39, 0.29) is 6.54 Å². The third kappa shape index (κ3) is 3.27. The molecule has 2 heterocycles. The first kappa shape index (κ1) is 17.9. The van der Waals surface area contributed by atoms with Crippen molar-refractivity contribution in [3.8, 4) is 5.75 Å². The number of hydrogen-bond acceptors (Lipinski definition) is 6. The molecule has 0 saturated carbocycles. The summed E-state index contributed by atoms with van der Waals surface area (Å²) in [5, 5.41) is 13.2. The zero-order chi connectivity index (χ0) is 19.1. The number of carbonyl (C=O) groups excluding carboxylic acids is 1. The van der Waals surface area contributed by atoms with Crippen molar-refractivity contribution < 1.29 is 22.7 Å². The molecule has 1 aromatic carbocycles. The Balaban J connectivity index is 1.86. The molecule has 3 rings (SSSR count). The maximum Gasteiger partial charge on any atom is 0.326 e. The zero-order valence-electron chi connectivity index (χ0n) is 14.1. The van der Waals surface area contributed by atoms with Crippen LogP contribution in [0.3, 0.4) is 0 Å². The molecule has 0 atom stereocenters. The quantitative estimate of drug-likeness (QED) is 0.738. The topological polar surface area (TPSA) is 112 Å². The van der Waals surface area contributed by atoms with Gasteiger partial charge in [-0.05, 0) is 48.7 Å². The Hall–Kier alpha value is -2.88. The highest BCUT2D eigenvalue weighted by Crippen LogP contribution is 2.34. The van der Waals surface area contributed by atoms with E-state index in [0.29, 0.717) is 15.7 Å². The van der Waals surface area contributed by atoms with E-state index in [4.69, 9.17) is 0 Å². The number of benzene rings is 1. The minimum atomic E-state index is -4.20. The summed E-state index contributed by atoms with van der Waals surface area (Å²) in [6, 6.07) is 4.22. The number of hydrogen-bond donors (Lipinski definition) is 3. The second kappa shape index (κ2) is 6.45. The summed E-state index contributed by atoms with van der Waals surface area (Å²) >= 11 is 0. The first-order valence-corrected chi connectivity index (χ1v) is 9.14. The van der Waals surface area contributed by atoms with Gasteiger partial charge in [-0.15, -0.1) is 0 Å². The molecule has 2 aromatic rings. The number of anilines is 2. The van der Waals surface area contributed by atoms with Crippen LogP contribution in [0.25, 0.3) is 0 Å². The summed E-state index contributed by atoms with van der Waals surface area (Å²) in [5.74, 6) is -1.69. The van der Waals surface area contributed by atoms with Gasteiger partial charge in [0.05, 0.1) is 0 Å². The standard InChI is InChI=1S/C16H17FN4O4S/c1-9-3-4-18-16(10(9)2)19-7-11-5-12(17)15(13(22)6-11)21-8-14(23)20-26(21,24)25/h3-6,22H,7-8H2,1-2H3,(H,18,19)(H,20,23). The van der Waals surface area contributed by atoms with E-state index < -0.39 is 39.9 Å². The van der Waals surface area contributed by atoms with Gasteiger partial charge in [0.15, 0.2) is 5.82 Å². The van der Waals surface area contributed by atoms with Crippen LogP contribution in [0.2, 0.25) is 0 Å². The number of aromatic nitrogens is 1. The summed E-state index contributed by atoms with van der Waals surface area (Å²) < 4.78 is 40.4. The number of aryl methyl sites for hydroxylation is 1. The molecular formula is C16H17FN4O4S. The van der Waals surface area contributed by atoms with Crippen molar-refractivity contribution in [1.82, 2.24) is 9.71 Å². The van der Waals surface area contributed by atoms with Crippen LogP contribution >= 0.6 is 0 Å². The van der Waals surface area contributed by atoms with Gasteiger partial charge in [0.25, 0.3) is 5.91 Å². The monoisotopic (exact) mass is 380 g/mol. The Morgan fingerprint density at radius 2 is 2.12 bits per heavy atom. The van der Waals surface area contributed by atoms with Crippen molar-refractivity contribution in [2.75, 3.05) is 16.2 Å². The fourth-order valence-electron chi connectivity index (χ4n) is 2.63. The SMILES string of the molecule is Cc1ccnc(NCc2cc(O)c(N3CC(=O)NS3(=O)=O)c(F)c2)c1C. The normalized spacial score (nSPS) is 15.8. The molecule has 1 aliphatic heterocycles. The lowest BCUT2D eigenvalue weighted by molar-refractivity contribution is -0.117. The Morgan fingerprint density at radius 3 is 2.73 bits per heavy atom. The fraction of sp³-hybridized carbons (Fsp3) is 0.250. The van der Waals surface area contributed by atoms with E-state index in [1.165, 1.54) is 6.07 Å². The van der Waals surface area contributed by atoms with E-state index in [1.807, 2.05) is 19.9 Å². The first-order chi connectivity index (χ1) is 12.2. The Kier molecular flexibility index (Phi) is 4.45. The van der Waals surface area contributed by atoms with E-state index in [0.717, 1.165) is 17.2 Å². The largest absolute Gasteiger partial charge is 0.506 e. The molecule has 0 aliphatic carbocycles. The molecular weight excluding hydrogens is 363 g/mol. The number of phenolic OH excluding ortho intramolecular Hbond substituents is 1. The predicted octanol–water partition coefficient (Wildman–Crippen LogP) is 1.34. The number of aromatic hydroxyl groups is 1. The number of carbonyl (C=O) groups is 1. The Morgan fingerprint density at radius 1 is 1.38 bits per heavy atom. The minimum Gasteiger partial charge on any atom is -0.506 e. The molecule has 10 heteroatoms. The molecule has 8 nitrogen and oxygen atoms in total. The van der Waals surface area contributed by atoms with Crippen LogP contribution in [0.15, 0.2) is 24.4 Å². The molecule has 138 valence electrons. The predicted molar refractivity (Wildman–Crippen MR) is 93.5 cm³/mol. The third-order valence-electron chi connectivity index (χ3n) is 4.11. The van der Waals surface area contributed by atoms with Gasteiger partial charge in [-0.1, -0.05) is 0 Å². The van der Waals surface area contributed by atoms with E-state index >= 15 is 0 Å². The van der Waals surface area contributed by atoms with Crippen LogP contribution in [-0.2, 0) is 21.5 Å². The smallest absolute Gasteiger partial charge is 0.326 e. The molecule has 1 amide bonds. The van der Waals surface area contributed by atoms with Crippen molar-refractivity contribution in [1.29, 1.82) is 0 Å². The summed E-state index contributed by atoms with van der Waals surface area (Å²) in [4.78, 5) is 15.5. The lowest BCUT2D eigenvalue weighted by Crippen LogP contribution is -2.30. The van der Waals surface area contributed by atoms with Crippen LogP contribution in [0.4, 0.5) is 15.9 Å². The third-order valence-corrected chi connectivity index (χ3v) is 5.49. The molecule has 0 unspecified atom stereocenters. The Labute approximate surface area is 149 Å². The van der Waals surface area contributed by atoms with Gasteiger partial charge in [0, 0.05) is 12.7 Å². The second-order valence-electron chi connectivity index (χ2n) is 5.94. The summed E-state index contributed by atoms with van der Waals surface area (Å²) in [6.07, 6.45) is 1.65. The lowest BCUT2D eigenvalue weighted by atomic mass is 10.1. The van der Waals surface area contributed by atoms with Crippen molar-refractivity contribution in [3.05, 3.63) is 46.9 Å². The molecule has 1 saturated heterocycles. The fourth-order valence-corrected chi connectivity index (χ4v) is 3.80. The summed E-state index contributed by atoms with van der Waals surface area (Å²) in [6.45, 7) is 3.42. The van der Waals surface area contributed by atoms with Gasteiger partial charge in [-0.2, -0.15) is 8.42 Å². The molecule has 26 heavy (non-hydrogen) atoms. The zero-order valence-corrected chi connectivity index (χ0v) is 14.9. The molecule has 1 aromatic heterocycles. The van der Waals surface area contributed by atoms with Crippen LogP contribution < -0.4 is 14.3 Å². The molecule has 1 fully saturated rings. The highest BCUT2D eigenvalue weighted by atomic mass is 32.2. The number of pyridine rings is 1. The molecule has 0 spiro atoms. The second-order valence-corrected chi connectivity index (χ2v) is 7.53. The maximum atomic E-state index is 14.5. The Bertz CT molecular complexity index is 971. The number of amides is 1. The lowest BCUT2D eigenvalue weighted by Gasteiger charge is -2.18. The van der Waals surface area contributed by atoms with Crippen molar-refractivity contribution in [2.24, 2.45) is 0 Å². The highest BCUT2D eigenvalue weighted by molar-refractivity contribution is 7.92. The average molecular weight is 380 g/mol. The van der Waals surface area contributed by atoms with Gasteiger partial charge in [-0.3, -0.25) is 4.79 Å². The molecule has 0 bridgehead atoms. The summed E-state index contributed by atoms with van der Waals surface area (Å²) in [7, 11) is -4.20. The summed E-state index contributed by atoms with van der Waals surface area (Å²) in [5.41, 5.74) is 1.82. The van der Waals surface area contributed by atoms with Crippen molar-refractivity contribution >= 4 is 27.6 Å². The average Bonchev–Trinajstić information content (AvgIpc) is 2.80. The van der Waals surface area contributed by atoms with E-state index in [1.54, 1.807) is 10.9 Å². The number of nitrogens with one attached hydrogen (secondary N) is 2. The van der Waals surface area contributed by atoms with E-state index in [9.17, 15) is 22.7 Å². The number of nitrogens with zero attached hydrogens (tertiary/aromatic N) is 2. The molecule has 0 radical (unpaired) electrons. The van der Waals surface area contributed by atoms with Gasteiger partial charge >= 0.3 is 10.2 Å². The van der Waals surface area contributed by atoms with Gasteiger partial charge in [0.2, 0.25) is 0 Å². The molecule has 1 aliphatic rings. The molecule has 3 N–H and O–H groups in total. The van der Waals surface area contributed by atoms with Crippen molar-refractivity contribution in [3.63, 3.8) is 0 Å². The number of halogens is 1. The van der Waals surface area contributed by atoms with Crippen LogP contribution in [0.5, 0.6) is 5.75 Å². The van der Waals surface area contributed by atoms with Gasteiger partial charge in [-0.25, -0.2) is 18.4 Å². The van der Waals surface area contributed by atoms with Gasteiger partial charge < -0.3 is 10.4 Å². The minimum absolute atomic E-state index is 0.173.